The summed E-state index contributed by atoms with van der Waals surface area (Å²) in [5, 5.41) is 9.04. The normalized spacial score (nSPS) is 32.8. The minimum absolute atomic E-state index is 0.0139. The number of rotatable bonds is 1. The molecule has 0 aliphatic heterocycles. The van der Waals surface area contributed by atoms with E-state index in [1.54, 1.807) is 0 Å². The standard InChI is InChI=1S/C10H16O2/c11-9(12)8-4-2-1-3-5-10(8)6-7-10/h8H,1-7H2,(H,11,12). The lowest BCUT2D eigenvalue weighted by molar-refractivity contribution is -0.144. The monoisotopic (exact) mass is 168 g/mol. The van der Waals surface area contributed by atoms with Gasteiger partial charge in [0.2, 0.25) is 0 Å². The summed E-state index contributed by atoms with van der Waals surface area (Å²) in [6.07, 6.45) is 8.06. The Morgan fingerprint density at radius 1 is 1.17 bits per heavy atom. The van der Waals surface area contributed by atoms with Gasteiger partial charge in [-0.2, -0.15) is 0 Å². The van der Waals surface area contributed by atoms with Gasteiger partial charge in [0.05, 0.1) is 5.92 Å². The van der Waals surface area contributed by atoms with Gasteiger partial charge in [-0.05, 0) is 31.1 Å². The van der Waals surface area contributed by atoms with E-state index in [0.29, 0.717) is 0 Å². The van der Waals surface area contributed by atoms with Gasteiger partial charge in [-0.25, -0.2) is 0 Å². The van der Waals surface area contributed by atoms with Crippen LogP contribution in [0.4, 0.5) is 0 Å². The lowest BCUT2D eigenvalue weighted by Gasteiger charge is -2.19. The second-order valence-corrected chi connectivity index (χ2v) is 4.35. The Morgan fingerprint density at radius 2 is 1.92 bits per heavy atom. The van der Waals surface area contributed by atoms with Crippen LogP contribution in [0.2, 0.25) is 0 Å². The summed E-state index contributed by atoms with van der Waals surface area (Å²) in [6, 6.07) is 0. The minimum Gasteiger partial charge on any atom is -0.481 e. The highest BCUT2D eigenvalue weighted by Crippen LogP contribution is 2.58. The Hall–Kier alpha value is -0.530. The lowest BCUT2D eigenvalue weighted by atomic mass is 9.85. The van der Waals surface area contributed by atoms with Gasteiger partial charge in [0.25, 0.3) is 0 Å². The van der Waals surface area contributed by atoms with Crippen molar-refractivity contribution in [2.24, 2.45) is 11.3 Å². The fraction of sp³-hybridized carbons (Fsp3) is 0.900. The predicted octanol–water partition coefficient (Wildman–Crippen LogP) is 2.43. The molecule has 0 heterocycles. The first-order valence-electron chi connectivity index (χ1n) is 4.97. The van der Waals surface area contributed by atoms with Crippen molar-refractivity contribution in [1.82, 2.24) is 0 Å². The van der Waals surface area contributed by atoms with Crippen LogP contribution in [0, 0.1) is 11.3 Å². The third kappa shape index (κ3) is 1.23. The molecule has 1 unspecified atom stereocenters. The van der Waals surface area contributed by atoms with Crippen molar-refractivity contribution in [2.75, 3.05) is 0 Å². The quantitative estimate of drug-likeness (QED) is 0.653. The first-order chi connectivity index (χ1) is 5.75. The summed E-state index contributed by atoms with van der Waals surface area (Å²) >= 11 is 0. The van der Waals surface area contributed by atoms with E-state index in [1.807, 2.05) is 0 Å². The molecule has 0 saturated heterocycles. The molecule has 2 rings (SSSR count). The van der Waals surface area contributed by atoms with E-state index in [1.165, 1.54) is 32.1 Å². The largest absolute Gasteiger partial charge is 0.481 e. The maximum atomic E-state index is 11.0. The van der Waals surface area contributed by atoms with Crippen LogP contribution in [0.3, 0.4) is 0 Å². The number of carboxylic acids is 1. The second-order valence-electron chi connectivity index (χ2n) is 4.35. The Kier molecular flexibility index (Phi) is 1.85. The molecule has 0 aromatic carbocycles. The number of carbonyl (C=O) groups is 1. The van der Waals surface area contributed by atoms with Crippen molar-refractivity contribution in [1.29, 1.82) is 0 Å². The third-order valence-corrected chi connectivity index (χ3v) is 3.60. The molecule has 2 aliphatic carbocycles. The zero-order valence-corrected chi connectivity index (χ0v) is 7.38. The van der Waals surface area contributed by atoms with Gasteiger partial charge in [0, 0.05) is 0 Å². The molecule has 0 aromatic heterocycles. The summed E-state index contributed by atoms with van der Waals surface area (Å²) < 4.78 is 0. The highest BCUT2D eigenvalue weighted by Gasteiger charge is 2.51. The van der Waals surface area contributed by atoms with Gasteiger partial charge < -0.3 is 5.11 Å². The molecule has 0 amide bonds. The topological polar surface area (TPSA) is 37.3 Å². The molecular formula is C10H16O2. The van der Waals surface area contributed by atoms with E-state index in [0.717, 1.165) is 12.8 Å². The van der Waals surface area contributed by atoms with Crippen molar-refractivity contribution < 1.29 is 9.90 Å². The molecule has 2 heteroatoms. The van der Waals surface area contributed by atoms with E-state index < -0.39 is 5.97 Å². The molecule has 2 aliphatic rings. The fourth-order valence-electron chi connectivity index (χ4n) is 2.63. The molecule has 2 fully saturated rings. The maximum absolute atomic E-state index is 11.0. The highest BCUT2D eigenvalue weighted by atomic mass is 16.4. The Morgan fingerprint density at radius 3 is 2.50 bits per heavy atom. The summed E-state index contributed by atoms with van der Waals surface area (Å²) in [7, 11) is 0. The van der Waals surface area contributed by atoms with E-state index in [-0.39, 0.29) is 11.3 Å². The van der Waals surface area contributed by atoms with Gasteiger partial charge in [0.1, 0.15) is 0 Å². The third-order valence-electron chi connectivity index (χ3n) is 3.60. The number of carboxylic acid groups (broad SMARTS) is 1. The maximum Gasteiger partial charge on any atom is 0.307 e. The molecule has 1 spiro atoms. The van der Waals surface area contributed by atoms with Crippen molar-refractivity contribution in [2.45, 2.75) is 44.9 Å². The van der Waals surface area contributed by atoms with Crippen molar-refractivity contribution >= 4 is 5.97 Å². The predicted molar refractivity (Wildman–Crippen MR) is 45.9 cm³/mol. The summed E-state index contributed by atoms with van der Waals surface area (Å²) in [5.41, 5.74) is 0.252. The van der Waals surface area contributed by atoms with Crippen LogP contribution in [0.25, 0.3) is 0 Å². The van der Waals surface area contributed by atoms with Crippen LogP contribution < -0.4 is 0 Å². The molecular weight excluding hydrogens is 152 g/mol. The lowest BCUT2D eigenvalue weighted by Crippen LogP contribution is -2.23. The van der Waals surface area contributed by atoms with Crippen LogP contribution in [-0.2, 0) is 4.79 Å². The molecule has 2 saturated carbocycles. The SMILES string of the molecule is O=C(O)C1CCCCCC12CC2. The van der Waals surface area contributed by atoms with Gasteiger partial charge in [0.15, 0.2) is 0 Å². The Labute approximate surface area is 73.0 Å². The van der Waals surface area contributed by atoms with Crippen LogP contribution in [0.5, 0.6) is 0 Å². The Bertz CT molecular complexity index is 194. The van der Waals surface area contributed by atoms with Crippen molar-refractivity contribution in [3.8, 4) is 0 Å². The first kappa shape index (κ1) is 8.09. The smallest absolute Gasteiger partial charge is 0.307 e. The average Bonchev–Trinajstić information content (AvgIpc) is 2.80. The van der Waals surface area contributed by atoms with E-state index in [9.17, 15) is 4.79 Å². The van der Waals surface area contributed by atoms with E-state index >= 15 is 0 Å². The van der Waals surface area contributed by atoms with Crippen molar-refractivity contribution in [3.05, 3.63) is 0 Å². The van der Waals surface area contributed by atoms with E-state index in [2.05, 4.69) is 0 Å². The van der Waals surface area contributed by atoms with Gasteiger partial charge in [-0.1, -0.05) is 19.3 Å². The number of aliphatic carboxylic acids is 1. The van der Waals surface area contributed by atoms with Crippen LogP contribution >= 0.6 is 0 Å². The molecule has 12 heavy (non-hydrogen) atoms. The van der Waals surface area contributed by atoms with Gasteiger partial charge in [-0.3, -0.25) is 4.79 Å². The van der Waals surface area contributed by atoms with Crippen LogP contribution in [-0.4, -0.2) is 11.1 Å². The summed E-state index contributed by atoms with van der Waals surface area (Å²) in [4.78, 5) is 11.0. The molecule has 68 valence electrons. The van der Waals surface area contributed by atoms with Gasteiger partial charge >= 0.3 is 5.97 Å². The van der Waals surface area contributed by atoms with E-state index in [4.69, 9.17) is 5.11 Å². The molecule has 1 N–H and O–H groups in total. The second kappa shape index (κ2) is 2.75. The average molecular weight is 168 g/mol. The van der Waals surface area contributed by atoms with Crippen LogP contribution in [0.15, 0.2) is 0 Å². The summed E-state index contributed by atoms with van der Waals surface area (Å²) in [5.74, 6) is -0.561. The molecule has 0 aromatic rings. The number of hydrogen-bond donors (Lipinski definition) is 1. The zero-order valence-electron chi connectivity index (χ0n) is 7.38. The van der Waals surface area contributed by atoms with Crippen LogP contribution in [0.1, 0.15) is 44.9 Å². The van der Waals surface area contributed by atoms with Gasteiger partial charge in [-0.15, -0.1) is 0 Å². The molecule has 1 atom stereocenters. The molecule has 0 bridgehead atoms. The number of hydrogen-bond acceptors (Lipinski definition) is 1. The Balaban J connectivity index is 2.11. The molecule has 2 nitrogen and oxygen atoms in total. The zero-order chi connectivity index (χ0) is 8.60. The molecule has 0 radical (unpaired) electrons. The first-order valence-corrected chi connectivity index (χ1v) is 4.97. The fourth-order valence-corrected chi connectivity index (χ4v) is 2.63. The highest BCUT2D eigenvalue weighted by molar-refractivity contribution is 5.71. The minimum atomic E-state index is -0.547. The van der Waals surface area contributed by atoms with Crippen molar-refractivity contribution in [3.63, 3.8) is 0 Å². The summed E-state index contributed by atoms with van der Waals surface area (Å²) in [6.45, 7) is 0.